The fraction of sp³-hybridized carbons (Fsp3) is 0.333. The number of carbonyl (C=O) groups excluding carboxylic acids is 1. The van der Waals surface area contributed by atoms with Gasteiger partial charge < -0.3 is 9.16 Å². The number of ether oxygens (including phenoxy) is 1. The van der Waals surface area contributed by atoms with Crippen molar-refractivity contribution in [2.45, 2.75) is 58.6 Å². The summed E-state index contributed by atoms with van der Waals surface area (Å²) in [7, 11) is -2.52. The maximum absolute atomic E-state index is 12.3. The first-order chi connectivity index (χ1) is 16.0. The lowest BCUT2D eigenvalue weighted by Gasteiger charge is -2.43. The molecule has 0 bridgehead atoms. The summed E-state index contributed by atoms with van der Waals surface area (Å²) >= 11 is 0. The van der Waals surface area contributed by atoms with Gasteiger partial charge in [0.1, 0.15) is 5.60 Å². The molecule has 0 aliphatic heterocycles. The Morgan fingerprint density at radius 1 is 0.765 bits per heavy atom. The maximum Gasteiger partial charge on any atom is 0.338 e. The standard InChI is InChI=1S/C30H37O3Si/c1-29(2,3)33-28(31)25-21-19-24(20-22-25)14-13-23-32-34(30(4,5)6,26-15-9-7-10-16-26)27-17-11-8-12-18-27/h7-12,14-22H,13,23H2,1-6H3. The van der Waals surface area contributed by atoms with Gasteiger partial charge in [-0.15, -0.1) is 0 Å². The molecule has 1 radical (unpaired) electrons. The van der Waals surface area contributed by atoms with Gasteiger partial charge in [-0.1, -0.05) is 93.6 Å². The van der Waals surface area contributed by atoms with Crippen molar-refractivity contribution < 1.29 is 14.0 Å². The third kappa shape index (κ3) is 6.25. The van der Waals surface area contributed by atoms with E-state index in [2.05, 4.69) is 87.9 Å². The smallest absolute Gasteiger partial charge is 0.338 e. The van der Waals surface area contributed by atoms with Gasteiger partial charge in [-0.25, -0.2) is 4.79 Å². The van der Waals surface area contributed by atoms with E-state index in [-0.39, 0.29) is 11.0 Å². The molecule has 0 N–H and O–H groups in total. The molecule has 3 rings (SSSR count). The minimum Gasteiger partial charge on any atom is -0.456 e. The van der Waals surface area contributed by atoms with E-state index in [9.17, 15) is 4.79 Å². The van der Waals surface area contributed by atoms with Gasteiger partial charge in [0.2, 0.25) is 0 Å². The number of hydrogen-bond donors (Lipinski definition) is 0. The van der Waals surface area contributed by atoms with Crippen molar-refractivity contribution in [3.8, 4) is 0 Å². The Morgan fingerprint density at radius 2 is 1.26 bits per heavy atom. The minimum atomic E-state index is -2.52. The molecular weight excluding hydrogens is 436 g/mol. The van der Waals surface area contributed by atoms with Crippen LogP contribution in [0.1, 0.15) is 63.9 Å². The van der Waals surface area contributed by atoms with E-state index in [4.69, 9.17) is 9.16 Å². The second kappa shape index (κ2) is 10.7. The monoisotopic (exact) mass is 473 g/mol. The van der Waals surface area contributed by atoms with Gasteiger partial charge in [0.15, 0.2) is 0 Å². The third-order valence-electron chi connectivity index (χ3n) is 5.78. The van der Waals surface area contributed by atoms with E-state index >= 15 is 0 Å². The molecule has 0 aliphatic carbocycles. The molecular formula is C30H37O3Si. The predicted octanol–water partition coefficient (Wildman–Crippen LogP) is 6.16. The van der Waals surface area contributed by atoms with E-state index in [1.165, 1.54) is 10.4 Å². The van der Waals surface area contributed by atoms with Gasteiger partial charge in [-0.2, -0.15) is 0 Å². The van der Waals surface area contributed by atoms with Crippen LogP contribution in [0.25, 0.3) is 0 Å². The topological polar surface area (TPSA) is 35.5 Å². The Balaban J connectivity index is 1.73. The highest BCUT2D eigenvalue weighted by Crippen LogP contribution is 2.36. The zero-order valence-corrected chi connectivity index (χ0v) is 22.3. The van der Waals surface area contributed by atoms with E-state index in [1.807, 2.05) is 45.0 Å². The van der Waals surface area contributed by atoms with Crippen molar-refractivity contribution >= 4 is 24.7 Å². The van der Waals surface area contributed by atoms with Crippen LogP contribution in [0.15, 0.2) is 84.9 Å². The molecule has 0 spiro atoms. The lowest BCUT2D eigenvalue weighted by atomic mass is 10.1. The Morgan fingerprint density at radius 3 is 1.71 bits per heavy atom. The summed E-state index contributed by atoms with van der Waals surface area (Å²) in [6.07, 6.45) is 2.95. The Bertz CT molecular complexity index is 1010. The highest BCUT2D eigenvalue weighted by atomic mass is 28.4. The van der Waals surface area contributed by atoms with Crippen molar-refractivity contribution in [1.82, 2.24) is 0 Å². The largest absolute Gasteiger partial charge is 0.456 e. The van der Waals surface area contributed by atoms with Crippen molar-refractivity contribution in [2.24, 2.45) is 0 Å². The molecule has 0 unspecified atom stereocenters. The van der Waals surface area contributed by atoms with Gasteiger partial charge in [-0.05, 0) is 66.7 Å². The molecule has 0 amide bonds. The first kappa shape index (κ1) is 25.9. The molecule has 0 saturated carbocycles. The highest BCUT2D eigenvalue weighted by molar-refractivity contribution is 6.99. The summed E-state index contributed by atoms with van der Waals surface area (Å²) in [5.41, 5.74) is 1.13. The van der Waals surface area contributed by atoms with Crippen molar-refractivity contribution in [3.63, 3.8) is 0 Å². The molecule has 0 aromatic heterocycles. The van der Waals surface area contributed by atoms with Crippen LogP contribution in [0.5, 0.6) is 0 Å². The van der Waals surface area contributed by atoms with Crippen LogP contribution in [0.3, 0.4) is 0 Å². The number of hydrogen-bond acceptors (Lipinski definition) is 3. The van der Waals surface area contributed by atoms with Crippen LogP contribution in [0.2, 0.25) is 5.04 Å². The van der Waals surface area contributed by atoms with Crippen molar-refractivity contribution in [3.05, 3.63) is 102 Å². The normalized spacial score (nSPS) is 12.4. The second-order valence-corrected chi connectivity index (χ2v) is 14.9. The molecule has 4 heteroatoms. The fourth-order valence-corrected chi connectivity index (χ4v) is 8.87. The van der Waals surface area contributed by atoms with Crippen LogP contribution in [0, 0.1) is 6.42 Å². The summed E-state index contributed by atoms with van der Waals surface area (Å²) in [5, 5.41) is 2.54. The van der Waals surface area contributed by atoms with Gasteiger partial charge in [0, 0.05) is 6.61 Å². The number of carbonyl (C=O) groups is 1. The first-order valence-corrected chi connectivity index (χ1v) is 13.9. The van der Waals surface area contributed by atoms with Crippen LogP contribution in [0.4, 0.5) is 0 Å². The molecule has 0 fully saturated rings. The Hall–Kier alpha value is -2.69. The minimum absolute atomic E-state index is 0.0369. The molecule has 179 valence electrons. The molecule has 0 heterocycles. The molecule has 0 aliphatic rings. The molecule has 3 nitrogen and oxygen atoms in total. The van der Waals surface area contributed by atoms with Crippen LogP contribution < -0.4 is 10.4 Å². The maximum atomic E-state index is 12.3. The van der Waals surface area contributed by atoms with Crippen LogP contribution in [-0.4, -0.2) is 26.5 Å². The molecule has 0 atom stereocenters. The fourth-order valence-electron chi connectivity index (χ4n) is 4.29. The van der Waals surface area contributed by atoms with Gasteiger partial charge >= 0.3 is 5.97 Å². The SMILES string of the molecule is CC(C)(C)OC(=O)c1ccc([CH]CCO[Si](c2ccccc2)(c2ccccc2)C(C)(C)C)cc1. The van der Waals surface area contributed by atoms with Crippen molar-refractivity contribution in [1.29, 1.82) is 0 Å². The molecule has 34 heavy (non-hydrogen) atoms. The van der Waals surface area contributed by atoms with E-state index < -0.39 is 13.9 Å². The average Bonchev–Trinajstić information content (AvgIpc) is 2.79. The lowest BCUT2D eigenvalue weighted by Crippen LogP contribution is -2.66. The highest BCUT2D eigenvalue weighted by Gasteiger charge is 2.49. The summed E-state index contributed by atoms with van der Waals surface area (Å²) in [5.74, 6) is -0.297. The van der Waals surface area contributed by atoms with Crippen LogP contribution >= 0.6 is 0 Å². The molecule has 3 aromatic rings. The zero-order valence-electron chi connectivity index (χ0n) is 21.3. The van der Waals surface area contributed by atoms with Crippen LogP contribution in [-0.2, 0) is 9.16 Å². The summed E-state index contributed by atoms with van der Waals surface area (Å²) < 4.78 is 12.4. The first-order valence-electron chi connectivity index (χ1n) is 11.9. The van der Waals surface area contributed by atoms with Crippen molar-refractivity contribution in [2.75, 3.05) is 6.61 Å². The predicted molar refractivity (Wildman–Crippen MR) is 143 cm³/mol. The average molecular weight is 474 g/mol. The number of benzene rings is 3. The zero-order chi connectivity index (χ0) is 24.8. The number of rotatable bonds is 8. The quantitative estimate of drug-likeness (QED) is 0.223. The molecule has 0 saturated heterocycles. The lowest BCUT2D eigenvalue weighted by molar-refractivity contribution is 0.00695. The summed E-state index contributed by atoms with van der Waals surface area (Å²) in [6.45, 7) is 13.1. The second-order valence-electron chi connectivity index (χ2n) is 10.6. The van der Waals surface area contributed by atoms with Gasteiger partial charge in [0.25, 0.3) is 8.32 Å². The Labute approximate surface area is 206 Å². The summed E-state index contributed by atoms with van der Waals surface area (Å²) in [4.78, 5) is 12.3. The third-order valence-corrected chi connectivity index (χ3v) is 10.8. The Kier molecular flexibility index (Phi) is 8.16. The van der Waals surface area contributed by atoms with E-state index in [0.29, 0.717) is 12.2 Å². The van der Waals surface area contributed by atoms with Gasteiger partial charge in [0.05, 0.1) is 5.56 Å². The molecule has 3 aromatic carbocycles. The number of esters is 1. The van der Waals surface area contributed by atoms with E-state index in [0.717, 1.165) is 12.0 Å². The van der Waals surface area contributed by atoms with Gasteiger partial charge in [-0.3, -0.25) is 0 Å². The van der Waals surface area contributed by atoms with E-state index in [1.54, 1.807) is 0 Å². The summed E-state index contributed by atoms with van der Waals surface area (Å²) in [6, 6.07) is 29.0.